The number of nitrogens with zero attached hydrogens (tertiary/aromatic N) is 5. The molecule has 1 saturated carbocycles. The molecule has 0 unspecified atom stereocenters. The van der Waals surface area contributed by atoms with E-state index < -0.39 is 0 Å². The number of aryl methyl sites for hydroxylation is 1. The molecular weight excluding hydrogens is 934 g/mol. The minimum atomic E-state index is -0.207. The molecule has 1 aliphatic rings. The highest BCUT2D eigenvalue weighted by Crippen LogP contribution is 2.33. The number of aromatic nitrogens is 5. The Labute approximate surface area is 453 Å². The van der Waals surface area contributed by atoms with Crippen molar-refractivity contribution in [3.63, 3.8) is 0 Å². The van der Waals surface area contributed by atoms with E-state index in [1.807, 2.05) is 95.4 Å². The van der Waals surface area contributed by atoms with Crippen LogP contribution < -0.4 is 18.9 Å². The van der Waals surface area contributed by atoms with Gasteiger partial charge in [-0.15, -0.1) is 0 Å². The van der Waals surface area contributed by atoms with Gasteiger partial charge in [-0.3, -0.25) is 19.9 Å². The van der Waals surface area contributed by atoms with E-state index in [0.29, 0.717) is 52.7 Å². The first kappa shape index (κ1) is 63.4. The van der Waals surface area contributed by atoms with E-state index in [0.717, 1.165) is 64.5 Å². The summed E-state index contributed by atoms with van der Waals surface area (Å²) in [5, 5.41) is 0. The maximum atomic E-state index is 13.5. The van der Waals surface area contributed by atoms with Gasteiger partial charge in [0, 0.05) is 52.0 Å². The number of pyridine rings is 5. The summed E-state index contributed by atoms with van der Waals surface area (Å²) in [6, 6.07) is 27.1. The largest absolute Gasteiger partial charge is 0.492 e. The molecule has 0 aliphatic heterocycles. The van der Waals surface area contributed by atoms with Crippen LogP contribution >= 0.6 is 0 Å². The third kappa shape index (κ3) is 23.3. The van der Waals surface area contributed by atoms with Gasteiger partial charge in [-0.25, -0.2) is 9.37 Å². The average molecular weight is 1030 g/mol. The molecule has 0 radical (unpaired) electrons. The summed E-state index contributed by atoms with van der Waals surface area (Å²) in [6.45, 7) is 36.5. The van der Waals surface area contributed by atoms with Crippen molar-refractivity contribution >= 4 is 0 Å². The Bertz CT molecular complexity index is 2480. The van der Waals surface area contributed by atoms with E-state index in [1.54, 1.807) is 25.4 Å². The molecule has 10 heteroatoms. The SMILES string of the molecule is CC(C)CCOc1ccc(C(C)C)nc1.CC(C)c1ccc(-c2ccccc2F)cn1.CC(C)c1ccc(C2CCCCC2)cn1.COc1nc(C(C)C)ccc1OC(C)C.Cc1nc(C(C)C)ccc1OC(C)C. The van der Waals surface area contributed by atoms with E-state index in [9.17, 15) is 4.39 Å². The van der Waals surface area contributed by atoms with Crippen molar-refractivity contribution in [3.8, 4) is 34.3 Å². The molecule has 1 aromatic carbocycles. The second kappa shape index (κ2) is 33.2. The number of halogens is 1. The highest BCUT2D eigenvalue weighted by Gasteiger charge is 2.16. The lowest BCUT2D eigenvalue weighted by atomic mass is 9.85. The Balaban J connectivity index is 0.000000247. The second-order valence-electron chi connectivity index (χ2n) is 21.9. The maximum absolute atomic E-state index is 13.5. The highest BCUT2D eigenvalue weighted by molar-refractivity contribution is 5.63. The lowest BCUT2D eigenvalue weighted by molar-refractivity contribution is 0.226. The monoisotopic (exact) mass is 1030 g/mol. The normalized spacial score (nSPS) is 12.4. The number of benzene rings is 1. The van der Waals surface area contributed by atoms with Gasteiger partial charge in [0.05, 0.1) is 37.8 Å². The molecular formula is C65H94FN5O4. The Morgan fingerprint density at radius 1 is 0.520 bits per heavy atom. The average Bonchev–Trinajstić information content (AvgIpc) is 3.38. The first-order valence-corrected chi connectivity index (χ1v) is 27.7. The molecule has 5 heterocycles. The fraction of sp³-hybridized carbons (Fsp3) is 0.523. The lowest BCUT2D eigenvalue weighted by Crippen LogP contribution is -2.08. The van der Waals surface area contributed by atoms with Crippen molar-refractivity contribution in [1.82, 2.24) is 24.9 Å². The summed E-state index contributed by atoms with van der Waals surface area (Å²) in [5.74, 6) is 6.60. The van der Waals surface area contributed by atoms with Crippen molar-refractivity contribution in [2.45, 2.75) is 204 Å². The van der Waals surface area contributed by atoms with Gasteiger partial charge in [0.1, 0.15) is 17.3 Å². The number of rotatable bonds is 16. The maximum Gasteiger partial charge on any atom is 0.256 e. The Morgan fingerprint density at radius 3 is 1.47 bits per heavy atom. The Morgan fingerprint density at radius 2 is 1.01 bits per heavy atom. The minimum Gasteiger partial charge on any atom is -0.492 e. The number of hydrogen-bond acceptors (Lipinski definition) is 9. The molecule has 0 N–H and O–H groups in total. The van der Waals surface area contributed by atoms with E-state index in [4.69, 9.17) is 18.9 Å². The molecule has 410 valence electrons. The van der Waals surface area contributed by atoms with Crippen molar-refractivity contribution < 1.29 is 23.3 Å². The molecule has 0 bridgehead atoms. The third-order valence-electron chi connectivity index (χ3n) is 12.4. The fourth-order valence-corrected chi connectivity index (χ4v) is 7.79. The van der Waals surface area contributed by atoms with Gasteiger partial charge < -0.3 is 18.9 Å². The van der Waals surface area contributed by atoms with Gasteiger partial charge in [-0.2, -0.15) is 0 Å². The molecule has 5 aromatic heterocycles. The molecule has 0 amide bonds. The molecule has 1 fully saturated rings. The Hall–Kier alpha value is -5.90. The van der Waals surface area contributed by atoms with Crippen molar-refractivity contribution in [1.29, 1.82) is 0 Å². The van der Waals surface area contributed by atoms with Crippen LogP contribution in [0.15, 0.2) is 104 Å². The van der Waals surface area contributed by atoms with Crippen LogP contribution in [0, 0.1) is 18.7 Å². The van der Waals surface area contributed by atoms with Crippen molar-refractivity contribution in [3.05, 3.63) is 149 Å². The summed E-state index contributed by atoms with van der Waals surface area (Å²) >= 11 is 0. The highest BCUT2D eigenvalue weighted by atomic mass is 19.1. The van der Waals surface area contributed by atoms with E-state index in [-0.39, 0.29) is 18.0 Å². The molecule has 75 heavy (non-hydrogen) atoms. The van der Waals surface area contributed by atoms with E-state index in [1.165, 1.54) is 49.4 Å². The van der Waals surface area contributed by atoms with Crippen LogP contribution in [0.3, 0.4) is 0 Å². The van der Waals surface area contributed by atoms with Crippen LogP contribution in [0.25, 0.3) is 11.1 Å². The predicted molar refractivity (Wildman–Crippen MR) is 311 cm³/mol. The smallest absolute Gasteiger partial charge is 0.256 e. The summed E-state index contributed by atoms with van der Waals surface area (Å²) in [6.07, 6.45) is 14.0. The number of hydrogen-bond donors (Lipinski definition) is 0. The van der Waals surface area contributed by atoms with Crippen LogP contribution in [0.5, 0.6) is 23.1 Å². The summed E-state index contributed by atoms with van der Waals surface area (Å²) in [4.78, 5) is 22.1. The molecule has 0 spiro atoms. The van der Waals surface area contributed by atoms with E-state index >= 15 is 0 Å². The van der Waals surface area contributed by atoms with Gasteiger partial charge in [-0.1, -0.05) is 133 Å². The summed E-state index contributed by atoms with van der Waals surface area (Å²) in [5.41, 5.74) is 9.36. The van der Waals surface area contributed by atoms with Crippen LogP contribution in [0.2, 0.25) is 0 Å². The lowest BCUT2D eigenvalue weighted by Gasteiger charge is -2.21. The van der Waals surface area contributed by atoms with Gasteiger partial charge in [0.15, 0.2) is 5.75 Å². The zero-order chi connectivity index (χ0) is 55.6. The van der Waals surface area contributed by atoms with Crippen molar-refractivity contribution in [2.24, 2.45) is 5.92 Å². The topological polar surface area (TPSA) is 101 Å². The molecule has 0 atom stereocenters. The first-order chi connectivity index (χ1) is 35.6. The van der Waals surface area contributed by atoms with Crippen LogP contribution in [0.1, 0.15) is 225 Å². The molecule has 6 aromatic rings. The first-order valence-electron chi connectivity index (χ1n) is 27.7. The van der Waals surface area contributed by atoms with Gasteiger partial charge in [-0.05, 0) is 155 Å². The quantitative estimate of drug-likeness (QED) is 0.0938. The van der Waals surface area contributed by atoms with Gasteiger partial charge in [0.2, 0.25) is 0 Å². The van der Waals surface area contributed by atoms with Gasteiger partial charge in [0.25, 0.3) is 5.88 Å². The minimum absolute atomic E-state index is 0.130. The number of ether oxygens (including phenoxy) is 4. The molecule has 1 aliphatic carbocycles. The van der Waals surface area contributed by atoms with Crippen LogP contribution in [-0.4, -0.2) is 50.8 Å². The second-order valence-corrected chi connectivity index (χ2v) is 21.9. The predicted octanol–water partition coefficient (Wildman–Crippen LogP) is 18.2. The van der Waals surface area contributed by atoms with Crippen molar-refractivity contribution in [2.75, 3.05) is 13.7 Å². The van der Waals surface area contributed by atoms with Crippen LogP contribution in [0.4, 0.5) is 4.39 Å². The zero-order valence-corrected chi connectivity index (χ0v) is 49.2. The standard InChI is InChI=1S/C14H14FN.C14H21N.C13H21NO.C12H19NO2.C12H19NO/c1-10(2)14-8-7-11(9-16-14)12-5-3-4-6-13(12)15;1-11(2)14-9-8-13(10-15-14)12-6-4-3-5-7-12;1-10(2)7-8-15-12-5-6-13(11(3)4)14-9-12;1-8(2)10-6-7-11(15-9(3)4)12(13-10)14-5;1-8(2)11-6-7-12(10(5)13-11)14-9(3)4/h3-10H,1-2H3;8-12H,3-7H2,1-2H3;5-6,9-11H,7-8H2,1-4H3;6-9H,1-5H3;6-9H,1-5H3. The molecule has 7 rings (SSSR count). The fourth-order valence-electron chi connectivity index (χ4n) is 7.79. The summed E-state index contributed by atoms with van der Waals surface area (Å²) in [7, 11) is 1.61. The Kier molecular flexibility index (Phi) is 28.1. The third-order valence-corrected chi connectivity index (χ3v) is 12.4. The van der Waals surface area contributed by atoms with Crippen LogP contribution in [-0.2, 0) is 0 Å². The number of methoxy groups -OCH3 is 1. The summed E-state index contributed by atoms with van der Waals surface area (Å²) < 4.78 is 35.5. The zero-order valence-electron chi connectivity index (χ0n) is 49.2. The molecule has 0 saturated heterocycles. The van der Waals surface area contributed by atoms with Gasteiger partial charge >= 0.3 is 0 Å². The van der Waals surface area contributed by atoms with E-state index in [2.05, 4.69) is 126 Å². The molecule has 9 nitrogen and oxygen atoms in total.